The van der Waals surface area contributed by atoms with Gasteiger partial charge in [0.2, 0.25) is 10.0 Å². The van der Waals surface area contributed by atoms with Gasteiger partial charge in [-0.15, -0.1) is 0 Å². The number of non-ortho nitro benzene ring substituents is 1. The zero-order valence-electron chi connectivity index (χ0n) is 14.3. The molecule has 0 bridgehead atoms. The molecule has 8 nitrogen and oxygen atoms in total. The molecule has 1 aliphatic rings. The summed E-state index contributed by atoms with van der Waals surface area (Å²) in [5.74, 6) is 1.15. The molecule has 0 saturated heterocycles. The van der Waals surface area contributed by atoms with Crippen LogP contribution < -0.4 is 9.47 Å². The highest BCUT2D eigenvalue weighted by Crippen LogP contribution is 2.34. The number of rotatable bonds is 5. The molecular weight excluding hydrogens is 360 g/mol. The highest BCUT2D eigenvalue weighted by molar-refractivity contribution is 7.89. The second-order valence-corrected chi connectivity index (χ2v) is 7.75. The van der Waals surface area contributed by atoms with E-state index in [9.17, 15) is 18.5 Å². The predicted molar refractivity (Wildman–Crippen MR) is 93.9 cm³/mol. The molecule has 0 amide bonds. The van der Waals surface area contributed by atoms with E-state index in [1.165, 1.54) is 35.7 Å². The Kier molecular flexibility index (Phi) is 4.84. The van der Waals surface area contributed by atoms with Crippen LogP contribution in [0.2, 0.25) is 0 Å². The summed E-state index contributed by atoms with van der Waals surface area (Å²) < 4.78 is 37.6. The molecule has 138 valence electrons. The number of hydrogen-bond donors (Lipinski definition) is 0. The molecule has 9 heteroatoms. The minimum atomic E-state index is -3.74. The van der Waals surface area contributed by atoms with Crippen molar-refractivity contribution in [2.75, 3.05) is 20.8 Å². The summed E-state index contributed by atoms with van der Waals surface area (Å²) in [6.45, 7) is 0.525. The predicted octanol–water partition coefficient (Wildman–Crippen LogP) is 2.36. The van der Waals surface area contributed by atoms with Gasteiger partial charge in [0.05, 0.1) is 24.0 Å². The van der Waals surface area contributed by atoms with Gasteiger partial charge in [0, 0.05) is 25.2 Å². The Morgan fingerprint density at radius 1 is 1.04 bits per heavy atom. The highest BCUT2D eigenvalue weighted by Gasteiger charge is 2.29. The van der Waals surface area contributed by atoms with Gasteiger partial charge in [0.25, 0.3) is 5.69 Å². The molecule has 0 radical (unpaired) electrons. The zero-order chi connectivity index (χ0) is 18.9. The van der Waals surface area contributed by atoms with Crippen LogP contribution in [-0.4, -0.2) is 38.4 Å². The number of hydrogen-bond acceptors (Lipinski definition) is 6. The van der Waals surface area contributed by atoms with Crippen molar-refractivity contribution in [3.05, 3.63) is 57.6 Å². The van der Waals surface area contributed by atoms with E-state index in [4.69, 9.17) is 9.47 Å². The van der Waals surface area contributed by atoms with Gasteiger partial charge in [-0.05, 0) is 41.8 Å². The lowest BCUT2D eigenvalue weighted by Crippen LogP contribution is -2.36. The first-order valence-electron chi connectivity index (χ1n) is 7.85. The summed E-state index contributed by atoms with van der Waals surface area (Å²) in [5, 5.41) is 10.7. The number of fused-ring (bicyclic) bond motifs is 1. The normalized spacial score (nSPS) is 14.5. The minimum absolute atomic E-state index is 0.0343. The first-order valence-corrected chi connectivity index (χ1v) is 9.29. The van der Waals surface area contributed by atoms with Crippen molar-refractivity contribution in [2.24, 2.45) is 0 Å². The number of nitro groups is 1. The summed E-state index contributed by atoms with van der Waals surface area (Å²) in [5.41, 5.74) is 1.71. The van der Waals surface area contributed by atoms with Crippen molar-refractivity contribution >= 4 is 15.7 Å². The molecule has 0 atom stereocenters. The number of nitrogens with zero attached hydrogens (tertiary/aromatic N) is 2. The van der Waals surface area contributed by atoms with Gasteiger partial charge < -0.3 is 9.47 Å². The first kappa shape index (κ1) is 18.2. The molecule has 0 aliphatic carbocycles. The molecular formula is C17H18N2O6S. The Labute approximate surface area is 151 Å². The molecule has 1 aliphatic heterocycles. The van der Waals surface area contributed by atoms with E-state index in [2.05, 4.69) is 0 Å². The van der Waals surface area contributed by atoms with Gasteiger partial charge in [-0.3, -0.25) is 10.1 Å². The smallest absolute Gasteiger partial charge is 0.269 e. The second-order valence-electron chi connectivity index (χ2n) is 5.82. The van der Waals surface area contributed by atoms with Gasteiger partial charge in [-0.1, -0.05) is 0 Å². The molecule has 0 spiro atoms. The topological polar surface area (TPSA) is 99.0 Å². The van der Waals surface area contributed by atoms with Crippen molar-refractivity contribution < 1.29 is 22.8 Å². The SMILES string of the molecule is COc1cc2c(cc1OC)CN(S(=O)(=O)c1ccc([N+](=O)[O-])cc1)CC2. The number of benzene rings is 2. The van der Waals surface area contributed by atoms with Crippen LogP contribution in [0, 0.1) is 10.1 Å². The van der Waals surface area contributed by atoms with E-state index in [0.29, 0.717) is 24.5 Å². The van der Waals surface area contributed by atoms with Crippen molar-refractivity contribution in [1.29, 1.82) is 0 Å². The molecule has 0 fully saturated rings. The third-order valence-electron chi connectivity index (χ3n) is 4.37. The maximum atomic E-state index is 12.9. The van der Waals surface area contributed by atoms with E-state index >= 15 is 0 Å². The van der Waals surface area contributed by atoms with Crippen LogP contribution >= 0.6 is 0 Å². The number of methoxy groups -OCH3 is 2. The highest BCUT2D eigenvalue weighted by atomic mass is 32.2. The summed E-state index contributed by atoms with van der Waals surface area (Å²) in [6.07, 6.45) is 0.544. The summed E-state index contributed by atoms with van der Waals surface area (Å²) in [4.78, 5) is 10.2. The summed E-state index contributed by atoms with van der Waals surface area (Å²) in [6, 6.07) is 8.56. The van der Waals surface area contributed by atoms with E-state index in [1.807, 2.05) is 6.07 Å². The van der Waals surface area contributed by atoms with E-state index in [-0.39, 0.29) is 17.1 Å². The average Bonchev–Trinajstić information content (AvgIpc) is 2.66. The van der Waals surface area contributed by atoms with Gasteiger partial charge in [-0.25, -0.2) is 8.42 Å². The van der Waals surface area contributed by atoms with Crippen molar-refractivity contribution in [3.8, 4) is 11.5 Å². The molecule has 0 unspecified atom stereocenters. The standard InChI is InChI=1S/C17H18N2O6S/c1-24-16-9-12-7-8-18(11-13(12)10-17(16)25-2)26(22,23)15-5-3-14(4-6-15)19(20)21/h3-6,9-10H,7-8,11H2,1-2H3. The van der Waals surface area contributed by atoms with Gasteiger partial charge in [-0.2, -0.15) is 4.31 Å². The second kappa shape index (κ2) is 6.93. The lowest BCUT2D eigenvalue weighted by atomic mass is 10.0. The molecule has 26 heavy (non-hydrogen) atoms. The number of nitro benzene ring substituents is 1. The van der Waals surface area contributed by atoms with Crippen LogP contribution in [0.25, 0.3) is 0 Å². The number of sulfonamides is 1. The minimum Gasteiger partial charge on any atom is -0.493 e. The molecule has 2 aromatic rings. The molecule has 1 heterocycles. The maximum Gasteiger partial charge on any atom is 0.269 e. The lowest BCUT2D eigenvalue weighted by molar-refractivity contribution is -0.384. The fourth-order valence-corrected chi connectivity index (χ4v) is 4.37. The van der Waals surface area contributed by atoms with Crippen LogP contribution in [0.15, 0.2) is 41.3 Å². The molecule has 0 N–H and O–H groups in total. The summed E-state index contributed by atoms with van der Waals surface area (Å²) >= 11 is 0. The largest absolute Gasteiger partial charge is 0.493 e. The van der Waals surface area contributed by atoms with Crippen molar-refractivity contribution in [2.45, 2.75) is 17.9 Å². The Bertz CT molecular complexity index is 940. The van der Waals surface area contributed by atoms with Gasteiger partial charge >= 0.3 is 0 Å². The molecule has 0 aromatic heterocycles. The van der Waals surface area contributed by atoms with Gasteiger partial charge in [0.1, 0.15) is 0 Å². The third-order valence-corrected chi connectivity index (χ3v) is 6.23. The van der Waals surface area contributed by atoms with Crippen LogP contribution in [0.4, 0.5) is 5.69 Å². The van der Waals surface area contributed by atoms with Crippen molar-refractivity contribution in [3.63, 3.8) is 0 Å². The van der Waals surface area contributed by atoms with Crippen LogP contribution in [-0.2, 0) is 23.0 Å². The van der Waals surface area contributed by atoms with Crippen LogP contribution in [0.5, 0.6) is 11.5 Å². The number of ether oxygens (including phenoxy) is 2. The Balaban J connectivity index is 1.90. The summed E-state index contributed by atoms with van der Waals surface area (Å²) in [7, 11) is -0.664. The van der Waals surface area contributed by atoms with E-state index in [1.54, 1.807) is 13.2 Å². The third kappa shape index (κ3) is 3.23. The average molecular weight is 378 g/mol. The Hall–Kier alpha value is -2.65. The maximum absolute atomic E-state index is 12.9. The van der Waals surface area contributed by atoms with Gasteiger partial charge in [0.15, 0.2) is 11.5 Å². The Morgan fingerprint density at radius 3 is 2.15 bits per heavy atom. The monoisotopic (exact) mass is 378 g/mol. The van der Waals surface area contributed by atoms with Crippen LogP contribution in [0.1, 0.15) is 11.1 Å². The quantitative estimate of drug-likeness (QED) is 0.585. The fourth-order valence-electron chi connectivity index (χ4n) is 2.95. The molecule has 2 aromatic carbocycles. The first-order chi connectivity index (χ1) is 12.4. The Morgan fingerprint density at radius 2 is 1.62 bits per heavy atom. The van der Waals surface area contributed by atoms with E-state index < -0.39 is 14.9 Å². The van der Waals surface area contributed by atoms with Crippen LogP contribution in [0.3, 0.4) is 0 Å². The zero-order valence-corrected chi connectivity index (χ0v) is 15.2. The fraction of sp³-hybridized carbons (Fsp3) is 0.294. The van der Waals surface area contributed by atoms with Crippen molar-refractivity contribution in [1.82, 2.24) is 4.31 Å². The lowest BCUT2D eigenvalue weighted by Gasteiger charge is -2.28. The van der Waals surface area contributed by atoms with E-state index in [0.717, 1.165) is 11.1 Å². The molecule has 0 saturated carbocycles. The molecule has 3 rings (SSSR count).